The first-order valence-electron chi connectivity index (χ1n) is 13.9. The molecular formula is C34H28N6O3. The largest absolute Gasteiger partial charge is 0.457 e. The van der Waals surface area contributed by atoms with E-state index in [9.17, 15) is 10.1 Å². The van der Waals surface area contributed by atoms with Gasteiger partial charge < -0.3 is 25.4 Å². The van der Waals surface area contributed by atoms with Gasteiger partial charge in [0, 0.05) is 41.8 Å². The number of nitrogens with one attached hydrogen (secondary N) is 3. The third-order valence-electron chi connectivity index (χ3n) is 6.91. The summed E-state index contributed by atoms with van der Waals surface area (Å²) in [4.78, 5) is 21.7. The summed E-state index contributed by atoms with van der Waals surface area (Å²) in [6.45, 7) is 1.70. The number of ether oxygens (including phenoxy) is 2. The lowest BCUT2D eigenvalue weighted by molar-refractivity contribution is -0.112. The number of pyridine rings is 2. The number of hydrogen-bond acceptors (Lipinski definition) is 8. The number of piperidine rings is 1. The van der Waals surface area contributed by atoms with Gasteiger partial charge in [-0.25, -0.2) is 0 Å². The fraction of sp³-hybridized carbons (Fsp3) is 0.118. The van der Waals surface area contributed by atoms with Crippen molar-refractivity contribution in [2.45, 2.75) is 12.8 Å². The van der Waals surface area contributed by atoms with E-state index in [1.165, 1.54) is 6.20 Å². The van der Waals surface area contributed by atoms with Crippen molar-refractivity contribution in [2.75, 3.05) is 23.7 Å². The zero-order chi connectivity index (χ0) is 29.4. The Morgan fingerprint density at radius 2 is 1.63 bits per heavy atom. The first kappa shape index (κ1) is 27.4. The Labute approximate surface area is 248 Å². The molecule has 5 aromatic rings. The fourth-order valence-corrected chi connectivity index (χ4v) is 4.78. The second-order valence-electron chi connectivity index (χ2n) is 9.92. The minimum atomic E-state index is -0.247. The smallest absolute Gasteiger partial charge is 0.248 e. The van der Waals surface area contributed by atoms with Crippen LogP contribution in [0.2, 0.25) is 0 Å². The number of carbonyl (C=O) groups excluding carboxylic acids is 1. The van der Waals surface area contributed by atoms with Crippen LogP contribution in [0.4, 0.5) is 17.1 Å². The van der Waals surface area contributed by atoms with E-state index in [0.717, 1.165) is 42.9 Å². The topological polar surface area (TPSA) is 121 Å². The highest BCUT2D eigenvalue weighted by Gasteiger charge is 2.17. The fourth-order valence-electron chi connectivity index (χ4n) is 4.78. The molecule has 6 rings (SSSR count). The predicted molar refractivity (Wildman–Crippen MR) is 166 cm³/mol. The molecule has 0 spiro atoms. The van der Waals surface area contributed by atoms with Crippen molar-refractivity contribution in [1.82, 2.24) is 15.3 Å². The Bertz CT molecular complexity index is 1810. The zero-order valence-corrected chi connectivity index (χ0v) is 23.2. The number of para-hydroxylation sites is 1. The van der Waals surface area contributed by atoms with Crippen molar-refractivity contribution < 1.29 is 14.3 Å². The molecule has 9 nitrogen and oxygen atoms in total. The van der Waals surface area contributed by atoms with Crippen LogP contribution in [0.5, 0.6) is 23.0 Å². The van der Waals surface area contributed by atoms with Crippen LogP contribution < -0.4 is 25.4 Å². The highest BCUT2D eigenvalue weighted by atomic mass is 16.5. The van der Waals surface area contributed by atoms with Gasteiger partial charge in [-0.15, -0.1) is 0 Å². The van der Waals surface area contributed by atoms with Gasteiger partial charge in [0.2, 0.25) is 5.91 Å². The Balaban J connectivity index is 1.35. The number of fused-ring (bicyclic) bond motifs is 1. The number of carbonyl (C=O) groups is 1. The molecule has 3 aromatic carbocycles. The van der Waals surface area contributed by atoms with Crippen molar-refractivity contribution in [3.8, 4) is 29.1 Å². The van der Waals surface area contributed by atoms with Gasteiger partial charge in [0.05, 0.1) is 22.5 Å². The van der Waals surface area contributed by atoms with Gasteiger partial charge >= 0.3 is 0 Å². The Morgan fingerprint density at radius 1 is 0.907 bits per heavy atom. The number of benzene rings is 3. The van der Waals surface area contributed by atoms with Crippen molar-refractivity contribution in [3.05, 3.63) is 115 Å². The molecule has 1 amide bonds. The molecule has 0 radical (unpaired) electrons. The molecule has 1 fully saturated rings. The molecule has 43 heavy (non-hydrogen) atoms. The standard InChI is InChI=1S/C34H28N6O3/c35-21-24-22-38-30-20-32(43-28-12-16-37-17-13-28)31(40-33(41)18-23-10-14-36-15-11-23)19-29(30)34(24)39-25-6-8-27(9-7-25)42-26-4-2-1-3-5-26/h1-9,12-13,16-20,22,36H,10-11,14-15H2,(H,38,39)(H,40,41). The minimum absolute atomic E-state index is 0.247. The van der Waals surface area contributed by atoms with E-state index < -0.39 is 0 Å². The van der Waals surface area contributed by atoms with E-state index in [0.29, 0.717) is 45.1 Å². The molecule has 1 aliphatic rings. The number of nitriles is 1. The predicted octanol–water partition coefficient (Wildman–Crippen LogP) is 7.08. The summed E-state index contributed by atoms with van der Waals surface area (Å²) in [5.74, 6) is 2.16. The van der Waals surface area contributed by atoms with Crippen LogP contribution in [0, 0.1) is 11.3 Å². The van der Waals surface area contributed by atoms with E-state index in [-0.39, 0.29) is 5.91 Å². The highest BCUT2D eigenvalue weighted by Crippen LogP contribution is 2.38. The van der Waals surface area contributed by atoms with Gasteiger partial charge in [0.25, 0.3) is 0 Å². The van der Waals surface area contributed by atoms with E-state index in [4.69, 9.17) is 9.47 Å². The Hall–Kier alpha value is -5.72. The van der Waals surface area contributed by atoms with Crippen LogP contribution in [0.15, 0.2) is 109 Å². The Kier molecular flexibility index (Phi) is 8.20. The first-order valence-corrected chi connectivity index (χ1v) is 13.9. The SMILES string of the molecule is N#Cc1cnc2cc(Oc3ccncc3)c(NC(=O)C=C3CCNCC3)cc2c1Nc1ccc(Oc2ccccc2)cc1. The second kappa shape index (κ2) is 12.9. The molecule has 212 valence electrons. The number of hydrogen-bond donors (Lipinski definition) is 3. The average Bonchev–Trinajstić information content (AvgIpc) is 3.04. The minimum Gasteiger partial charge on any atom is -0.457 e. The Morgan fingerprint density at radius 3 is 2.37 bits per heavy atom. The van der Waals surface area contributed by atoms with Crippen molar-refractivity contribution >= 4 is 33.9 Å². The molecule has 0 saturated carbocycles. The van der Waals surface area contributed by atoms with E-state index in [2.05, 4.69) is 32.0 Å². The highest BCUT2D eigenvalue weighted by molar-refractivity contribution is 6.05. The van der Waals surface area contributed by atoms with Crippen LogP contribution in [0.3, 0.4) is 0 Å². The van der Waals surface area contributed by atoms with Crippen molar-refractivity contribution in [3.63, 3.8) is 0 Å². The van der Waals surface area contributed by atoms with Crippen LogP contribution in [0.25, 0.3) is 10.9 Å². The summed E-state index contributed by atoms with van der Waals surface area (Å²) in [6, 6.07) is 26.2. The van der Waals surface area contributed by atoms with Gasteiger partial charge in [0.15, 0.2) is 5.75 Å². The number of nitrogens with zero attached hydrogens (tertiary/aromatic N) is 3. The van der Waals surface area contributed by atoms with Gasteiger partial charge in [-0.1, -0.05) is 23.8 Å². The first-order chi connectivity index (χ1) is 21.1. The summed E-state index contributed by atoms with van der Waals surface area (Å²) in [5, 5.41) is 20.3. The third kappa shape index (κ3) is 6.78. The molecule has 0 aliphatic carbocycles. The molecule has 9 heteroatoms. The van der Waals surface area contributed by atoms with Crippen molar-refractivity contribution in [1.29, 1.82) is 5.26 Å². The number of amides is 1. The molecule has 3 heterocycles. The maximum absolute atomic E-state index is 13.1. The molecular weight excluding hydrogens is 540 g/mol. The summed E-state index contributed by atoms with van der Waals surface area (Å²) in [6.07, 6.45) is 8.09. The molecule has 0 bridgehead atoms. The van der Waals surface area contributed by atoms with E-state index >= 15 is 0 Å². The summed E-state index contributed by atoms with van der Waals surface area (Å²) in [7, 11) is 0. The molecule has 0 unspecified atom stereocenters. The normalized spacial score (nSPS) is 12.7. The summed E-state index contributed by atoms with van der Waals surface area (Å²) < 4.78 is 12.1. The van der Waals surface area contributed by atoms with E-state index in [1.807, 2.05) is 54.6 Å². The van der Waals surface area contributed by atoms with Crippen LogP contribution in [-0.4, -0.2) is 29.0 Å². The van der Waals surface area contributed by atoms with Gasteiger partial charge in [0.1, 0.15) is 23.3 Å². The lowest BCUT2D eigenvalue weighted by atomic mass is 10.0. The quantitative estimate of drug-likeness (QED) is 0.170. The van der Waals surface area contributed by atoms with E-state index in [1.54, 1.807) is 42.7 Å². The summed E-state index contributed by atoms with van der Waals surface area (Å²) >= 11 is 0. The third-order valence-corrected chi connectivity index (χ3v) is 6.91. The summed E-state index contributed by atoms with van der Waals surface area (Å²) in [5.41, 5.74) is 3.80. The monoisotopic (exact) mass is 568 g/mol. The maximum Gasteiger partial charge on any atom is 0.248 e. The van der Waals surface area contributed by atoms with Gasteiger partial charge in [-0.05, 0) is 80.5 Å². The maximum atomic E-state index is 13.1. The lowest BCUT2D eigenvalue weighted by Gasteiger charge is -2.17. The molecule has 1 saturated heterocycles. The van der Waals surface area contributed by atoms with Gasteiger partial charge in [-0.3, -0.25) is 14.8 Å². The number of rotatable bonds is 8. The van der Waals surface area contributed by atoms with Crippen molar-refractivity contribution in [2.24, 2.45) is 0 Å². The molecule has 3 N–H and O–H groups in total. The molecule has 2 aromatic heterocycles. The van der Waals surface area contributed by atoms with Gasteiger partial charge in [-0.2, -0.15) is 5.26 Å². The van der Waals surface area contributed by atoms with Crippen LogP contribution in [-0.2, 0) is 4.79 Å². The number of aromatic nitrogens is 2. The molecule has 0 atom stereocenters. The second-order valence-corrected chi connectivity index (χ2v) is 9.92. The number of anilines is 3. The lowest BCUT2D eigenvalue weighted by Crippen LogP contribution is -2.24. The average molecular weight is 569 g/mol. The van der Waals surface area contributed by atoms with Crippen LogP contribution >= 0.6 is 0 Å². The zero-order valence-electron chi connectivity index (χ0n) is 23.2. The molecule has 1 aliphatic heterocycles. The van der Waals surface area contributed by atoms with Crippen LogP contribution in [0.1, 0.15) is 18.4 Å².